The van der Waals surface area contributed by atoms with Crippen molar-refractivity contribution in [1.82, 2.24) is 0 Å². The number of anilines is 1. The number of rotatable bonds is 2. The van der Waals surface area contributed by atoms with Gasteiger partial charge in [-0.3, -0.25) is 5.11 Å². The van der Waals surface area contributed by atoms with Crippen LogP contribution in [0.5, 0.6) is 5.75 Å². The number of benzene rings is 1. The van der Waals surface area contributed by atoms with E-state index in [9.17, 15) is 5.11 Å². The molecule has 0 saturated carbocycles. The maximum atomic E-state index is 10.7. The molecule has 1 aromatic carbocycles. The highest BCUT2D eigenvalue weighted by Gasteiger charge is 1.96. The molecule has 1 radical (unpaired) electrons. The summed E-state index contributed by atoms with van der Waals surface area (Å²) in [6, 6.07) is 6.85. The van der Waals surface area contributed by atoms with Gasteiger partial charge in [-0.2, -0.15) is 0 Å². The van der Waals surface area contributed by atoms with Gasteiger partial charge in [0.2, 0.25) is 0 Å². The van der Waals surface area contributed by atoms with Gasteiger partial charge in [-0.1, -0.05) is 0 Å². The van der Waals surface area contributed by atoms with Crippen molar-refractivity contribution < 1.29 is 5.11 Å². The van der Waals surface area contributed by atoms with Gasteiger partial charge >= 0.3 is 0 Å². The van der Waals surface area contributed by atoms with Gasteiger partial charge in [0.05, 0.1) is 0 Å². The van der Waals surface area contributed by atoms with E-state index in [1.807, 2.05) is 19.2 Å². The minimum absolute atomic E-state index is 0.0678. The Labute approximate surface area is 67.1 Å². The first-order valence-corrected chi connectivity index (χ1v) is 3.72. The summed E-state index contributed by atoms with van der Waals surface area (Å²) in [7, 11) is 2.00. The third-order valence-corrected chi connectivity index (χ3v) is 1.75. The quantitative estimate of drug-likeness (QED) is 0.634. The fraction of sp³-hybridized carbons (Fsp3) is 0.333. The molecule has 0 saturated heterocycles. The third-order valence-electron chi connectivity index (χ3n) is 1.75. The maximum absolute atomic E-state index is 10.7. The minimum Gasteiger partial charge on any atom is -0.375 e. The van der Waals surface area contributed by atoms with Crippen molar-refractivity contribution in [3.05, 3.63) is 24.3 Å². The van der Waals surface area contributed by atoms with Crippen LogP contribution in [0.25, 0.3) is 0 Å². The molecule has 0 aliphatic rings. The highest BCUT2D eigenvalue weighted by atomic mass is 16.3. The molecule has 0 unspecified atom stereocenters. The summed E-state index contributed by atoms with van der Waals surface area (Å²) >= 11 is 0. The Hall–Kier alpha value is -1.18. The molecule has 2 nitrogen and oxygen atoms in total. The minimum atomic E-state index is 0.0678. The Morgan fingerprint density at radius 3 is 2.27 bits per heavy atom. The van der Waals surface area contributed by atoms with Gasteiger partial charge in [0, 0.05) is 19.3 Å². The second-order valence-corrected chi connectivity index (χ2v) is 2.51. The molecule has 0 aliphatic heterocycles. The molecule has 0 aliphatic carbocycles. The van der Waals surface area contributed by atoms with Crippen LogP contribution in [0.2, 0.25) is 0 Å². The van der Waals surface area contributed by atoms with E-state index in [4.69, 9.17) is 0 Å². The standard InChI is InChI=1S/C9H12NO/c1-3-10(2)8-4-6-9(11)7-5-8/h4-7H,3H2,1-2H3. The van der Waals surface area contributed by atoms with E-state index in [-0.39, 0.29) is 5.75 Å². The van der Waals surface area contributed by atoms with E-state index >= 15 is 0 Å². The molecular formula is C9H12NO. The Morgan fingerprint density at radius 1 is 1.27 bits per heavy atom. The zero-order valence-corrected chi connectivity index (χ0v) is 6.87. The molecule has 2 heteroatoms. The number of hydrogen-bond acceptors (Lipinski definition) is 1. The predicted octanol–water partition coefficient (Wildman–Crippen LogP) is 2.29. The molecule has 0 atom stereocenters. The monoisotopic (exact) mass is 150 g/mol. The number of hydrogen-bond donors (Lipinski definition) is 0. The van der Waals surface area contributed by atoms with Crippen LogP contribution < -0.4 is 4.90 Å². The van der Waals surface area contributed by atoms with Gasteiger partial charge in [0.15, 0.2) is 5.75 Å². The Kier molecular flexibility index (Phi) is 2.36. The van der Waals surface area contributed by atoms with Crippen LogP contribution in [0.3, 0.4) is 0 Å². The van der Waals surface area contributed by atoms with Crippen molar-refractivity contribution in [2.75, 3.05) is 18.5 Å². The summed E-state index contributed by atoms with van der Waals surface area (Å²) in [5, 5.41) is 10.7. The second kappa shape index (κ2) is 3.28. The largest absolute Gasteiger partial charge is 0.375 e. The van der Waals surface area contributed by atoms with Crippen LogP contribution in [-0.4, -0.2) is 13.6 Å². The molecule has 0 fully saturated rings. The van der Waals surface area contributed by atoms with E-state index in [0.717, 1.165) is 12.2 Å². The van der Waals surface area contributed by atoms with Crippen molar-refractivity contribution in [2.45, 2.75) is 6.92 Å². The lowest BCUT2D eigenvalue weighted by molar-refractivity contribution is 0.355. The molecule has 0 amide bonds. The molecule has 1 aromatic rings. The Morgan fingerprint density at radius 2 is 1.82 bits per heavy atom. The SMILES string of the molecule is CCN(C)c1ccc([O])cc1. The van der Waals surface area contributed by atoms with E-state index in [2.05, 4.69) is 11.8 Å². The first-order chi connectivity index (χ1) is 5.24. The molecule has 1 rings (SSSR count). The van der Waals surface area contributed by atoms with Crippen LogP contribution in [0.1, 0.15) is 6.92 Å². The van der Waals surface area contributed by atoms with Crippen molar-refractivity contribution in [2.24, 2.45) is 0 Å². The molecule has 0 N–H and O–H groups in total. The van der Waals surface area contributed by atoms with E-state index < -0.39 is 0 Å². The average Bonchev–Trinajstić information content (AvgIpc) is 2.05. The summed E-state index contributed by atoms with van der Waals surface area (Å²) < 4.78 is 0. The molecular weight excluding hydrogens is 138 g/mol. The van der Waals surface area contributed by atoms with Gasteiger partial charge in [-0.05, 0) is 31.2 Å². The normalized spacial score (nSPS) is 9.64. The van der Waals surface area contributed by atoms with Gasteiger partial charge < -0.3 is 4.90 Å². The van der Waals surface area contributed by atoms with Crippen molar-refractivity contribution >= 4 is 5.69 Å². The smallest absolute Gasteiger partial charge is 0.178 e. The van der Waals surface area contributed by atoms with Crippen molar-refractivity contribution in [3.63, 3.8) is 0 Å². The molecule has 0 aromatic heterocycles. The highest BCUT2D eigenvalue weighted by Crippen LogP contribution is 2.16. The summed E-state index contributed by atoms with van der Waals surface area (Å²) in [4.78, 5) is 2.08. The lowest BCUT2D eigenvalue weighted by Gasteiger charge is -2.15. The van der Waals surface area contributed by atoms with E-state index in [1.54, 1.807) is 12.1 Å². The van der Waals surface area contributed by atoms with Gasteiger partial charge in [-0.25, -0.2) is 0 Å². The first-order valence-electron chi connectivity index (χ1n) is 3.72. The molecule has 11 heavy (non-hydrogen) atoms. The van der Waals surface area contributed by atoms with Crippen LogP contribution in [0.4, 0.5) is 5.69 Å². The second-order valence-electron chi connectivity index (χ2n) is 2.51. The average molecular weight is 150 g/mol. The van der Waals surface area contributed by atoms with Crippen LogP contribution in [-0.2, 0) is 5.11 Å². The summed E-state index contributed by atoms with van der Waals surface area (Å²) in [6.45, 7) is 3.03. The Balaban J connectivity index is 2.81. The molecule has 59 valence electrons. The van der Waals surface area contributed by atoms with Crippen LogP contribution in [0.15, 0.2) is 24.3 Å². The van der Waals surface area contributed by atoms with Gasteiger partial charge in [0.1, 0.15) is 0 Å². The zero-order chi connectivity index (χ0) is 8.27. The third kappa shape index (κ3) is 1.87. The molecule has 0 heterocycles. The predicted molar refractivity (Wildman–Crippen MR) is 45.5 cm³/mol. The first kappa shape index (κ1) is 7.92. The van der Waals surface area contributed by atoms with Crippen molar-refractivity contribution in [3.8, 4) is 5.75 Å². The molecule has 0 bridgehead atoms. The highest BCUT2D eigenvalue weighted by molar-refractivity contribution is 5.47. The van der Waals surface area contributed by atoms with Crippen molar-refractivity contribution in [1.29, 1.82) is 0 Å². The summed E-state index contributed by atoms with van der Waals surface area (Å²) in [6.07, 6.45) is 0. The lowest BCUT2D eigenvalue weighted by Crippen LogP contribution is -2.15. The topological polar surface area (TPSA) is 23.1 Å². The summed E-state index contributed by atoms with van der Waals surface area (Å²) in [5.74, 6) is 0.0678. The van der Waals surface area contributed by atoms with Gasteiger partial charge in [-0.15, -0.1) is 0 Å². The van der Waals surface area contributed by atoms with E-state index in [0.29, 0.717) is 0 Å². The number of nitrogens with zero attached hydrogens (tertiary/aromatic N) is 1. The lowest BCUT2D eigenvalue weighted by atomic mass is 10.3. The van der Waals surface area contributed by atoms with E-state index in [1.165, 1.54) is 0 Å². The van der Waals surface area contributed by atoms with Crippen LogP contribution >= 0.6 is 0 Å². The van der Waals surface area contributed by atoms with Gasteiger partial charge in [0.25, 0.3) is 0 Å². The maximum Gasteiger partial charge on any atom is 0.178 e. The zero-order valence-electron chi connectivity index (χ0n) is 6.87. The fourth-order valence-corrected chi connectivity index (χ4v) is 0.883. The van der Waals surface area contributed by atoms with Crippen LogP contribution in [0, 0.1) is 0 Å². The Bertz CT molecular complexity index is 218. The fourth-order valence-electron chi connectivity index (χ4n) is 0.883. The summed E-state index contributed by atoms with van der Waals surface area (Å²) in [5.41, 5.74) is 1.09. The molecule has 0 spiro atoms.